The first-order valence-corrected chi connectivity index (χ1v) is 12.1. The first-order valence-electron chi connectivity index (χ1n) is 12.1. The third-order valence-electron chi connectivity index (χ3n) is 6.86. The highest BCUT2D eigenvalue weighted by atomic mass is 16.2. The highest BCUT2D eigenvalue weighted by Gasteiger charge is 2.40. The smallest absolute Gasteiger partial charge is 0.273 e. The Labute approximate surface area is 200 Å². The van der Waals surface area contributed by atoms with E-state index < -0.39 is 11.8 Å². The van der Waals surface area contributed by atoms with E-state index in [2.05, 4.69) is 37.8 Å². The fourth-order valence-corrected chi connectivity index (χ4v) is 4.93. The van der Waals surface area contributed by atoms with Crippen molar-refractivity contribution in [2.24, 2.45) is 4.99 Å². The molecule has 34 heavy (non-hydrogen) atoms. The topological polar surface area (TPSA) is 69.9 Å². The maximum atomic E-state index is 12.9. The van der Waals surface area contributed by atoms with Crippen LogP contribution in [-0.2, 0) is 16.1 Å². The Balaban J connectivity index is 1.37. The third kappa shape index (κ3) is 4.67. The second-order valence-corrected chi connectivity index (χ2v) is 9.23. The minimum atomic E-state index is -0.704. The fourth-order valence-electron chi connectivity index (χ4n) is 4.93. The summed E-state index contributed by atoms with van der Waals surface area (Å²) in [6, 6.07) is 17.4. The molecule has 1 unspecified atom stereocenters. The molecule has 3 heterocycles. The van der Waals surface area contributed by atoms with Crippen LogP contribution in [0, 0.1) is 0 Å². The zero-order valence-electron chi connectivity index (χ0n) is 19.6. The maximum Gasteiger partial charge on any atom is 0.273 e. The Morgan fingerprint density at radius 3 is 2.41 bits per heavy atom. The summed E-state index contributed by atoms with van der Waals surface area (Å²) >= 11 is 0. The SMILES string of the molecule is CN1CCN(CCCCn2cc(C3C(=O)NC(=O)C3=Nc3ccccc3)c3ccccc32)CC1. The van der Waals surface area contributed by atoms with Gasteiger partial charge in [0.2, 0.25) is 5.91 Å². The first-order chi connectivity index (χ1) is 16.6. The molecule has 0 radical (unpaired) electrons. The van der Waals surface area contributed by atoms with Gasteiger partial charge in [-0.15, -0.1) is 0 Å². The number of imide groups is 1. The number of piperazine rings is 1. The molecule has 0 aliphatic carbocycles. The molecule has 1 atom stereocenters. The molecular formula is C27H31N5O2. The van der Waals surface area contributed by atoms with Gasteiger partial charge < -0.3 is 14.4 Å². The molecule has 5 rings (SSSR count). The van der Waals surface area contributed by atoms with Crippen molar-refractivity contribution in [2.45, 2.75) is 25.3 Å². The molecule has 3 aromatic rings. The van der Waals surface area contributed by atoms with Crippen LogP contribution in [0.1, 0.15) is 24.3 Å². The molecule has 1 aromatic heterocycles. The number of rotatable bonds is 7. The van der Waals surface area contributed by atoms with Crippen molar-refractivity contribution in [1.82, 2.24) is 19.7 Å². The van der Waals surface area contributed by atoms with Crippen LogP contribution in [0.4, 0.5) is 5.69 Å². The number of unbranched alkanes of at least 4 members (excludes halogenated alkanes) is 1. The van der Waals surface area contributed by atoms with Crippen molar-refractivity contribution in [3.8, 4) is 0 Å². The van der Waals surface area contributed by atoms with Gasteiger partial charge in [-0.25, -0.2) is 4.99 Å². The maximum absolute atomic E-state index is 12.9. The highest BCUT2D eigenvalue weighted by Crippen LogP contribution is 2.32. The van der Waals surface area contributed by atoms with Gasteiger partial charge >= 0.3 is 0 Å². The molecule has 176 valence electrons. The van der Waals surface area contributed by atoms with Crippen molar-refractivity contribution in [3.63, 3.8) is 0 Å². The number of benzene rings is 2. The van der Waals surface area contributed by atoms with Crippen molar-refractivity contribution in [3.05, 3.63) is 66.4 Å². The Bertz CT molecular complexity index is 1210. The number of hydrogen-bond acceptors (Lipinski definition) is 5. The molecule has 2 aliphatic rings. The van der Waals surface area contributed by atoms with Crippen LogP contribution in [0.25, 0.3) is 10.9 Å². The molecule has 2 aliphatic heterocycles. The summed E-state index contributed by atoms with van der Waals surface area (Å²) in [5.41, 5.74) is 2.85. The number of carbonyl (C=O) groups excluding carboxylic acids is 2. The van der Waals surface area contributed by atoms with Crippen LogP contribution < -0.4 is 5.32 Å². The number of likely N-dealkylation sites (N-methyl/N-ethyl adjacent to an activating group) is 1. The van der Waals surface area contributed by atoms with Gasteiger partial charge in [-0.2, -0.15) is 0 Å². The molecule has 2 saturated heterocycles. The molecule has 2 aromatic carbocycles. The van der Waals surface area contributed by atoms with Crippen LogP contribution in [-0.4, -0.2) is 71.7 Å². The van der Waals surface area contributed by atoms with Crippen molar-refractivity contribution < 1.29 is 9.59 Å². The van der Waals surface area contributed by atoms with E-state index >= 15 is 0 Å². The number of para-hydroxylation sites is 2. The van der Waals surface area contributed by atoms with Crippen molar-refractivity contribution in [1.29, 1.82) is 0 Å². The average Bonchev–Trinajstić information content (AvgIpc) is 3.34. The number of aryl methyl sites for hydroxylation is 1. The molecule has 0 saturated carbocycles. The highest BCUT2D eigenvalue weighted by molar-refractivity contribution is 6.52. The Kier molecular flexibility index (Phi) is 6.56. The lowest BCUT2D eigenvalue weighted by Crippen LogP contribution is -2.44. The first kappa shape index (κ1) is 22.5. The molecule has 2 fully saturated rings. The molecule has 7 nitrogen and oxygen atoms in total. The number of nitrogens with zero attached hydrogens (tertiary/aromatic N) is 4. The van der Waals surface area contributed by atoms with Gasteiger partial charge in [0.25, 0.3) is 5.91 Å². The summed E-state index contributed by atoms with van der Waals surface area (Å²) in [4.78, 5) is 35.0. The van der Waals surface area contributed by atoms with E-state index in [-0.39, 0.29) is 11.6 Å². The largest absolute Gasteiger partial charge is 0.347 e. The Hall–Kier alpha value is -3.29. The average molecular weight is 458 g/mol. The minimum Gasteiger partial charge on any atom is -0.347 e. The molecule has 1 N–H and O–H groups in total. The van der Waals surface area contributed by atoms with E-state index in [1.54, 1.807) is 0 Å². The van der Waals surface area contributed by atoms with Gasteiger partial charge in [0, 0.05) is 49.8 Å². The van der Waals surface area contributed by atoms with Crippen LogP contribution in [0.5, 0.6) is 0 Å². The zero-order valence-corrected chi connectivity index (χ0v) is 19.6. The van der Waals surface area contributed by atoms with Gasteiger partial charge in [-0.3, -0.25) is 14.9 Å². The lowest BCUT2D eigenvalue weighted by atomic mass is 9.95. The summed E-state index contributed by atoms with van der Waals surface area (Å²) in [5.74, 6) is -1.43. The lowest BCUT2D eigenvalue weighted by molar-refractivity contribution is -0.124. The van der Waals surface area contributed by atoms with Crippen LogP contribution in [0.3, 0.4) is 0 Å². The minimum absolute atomic E-state index is 0.258. The van der Waals surface area contributed by atoms with Crippen molar-refractivity contribution >= 4 is 34.1 Å². The number of nitrogens with one attached hydrogen (secondary N) is 1. The number of carbonyl (C=O) groups is 2. The molecule has 0 bridgehead atoms. The van der Waals surface area contributed by atoms with Crippen molar-refractivity contribution in [2.75, 3.05) is 39.8 Å². The summed E-state index contributed by atoms with van der Waals surface area (Å²) in [6.45, 7) is 6.55. The number of hydrogen-bond donors (Lipinski definition) is 1. The van der Waals surface area contributed by atoms with E-state index in [0.717, 1.165) is 68.6 Å². The van der Waals surface area contributed by atoms with E-state index in [1.807, 2.05) is 54.7 Å². The Morgan fingerprint density at radius 2 is 1.62 bits per heavy atom. The number of fused-ring (bicyclic) bond motifs is 1. The number of aromatic nitrogens is 1. The predicted molar refractivity (Wildman–Crippen MR) is 135 cm³/mol. The van der Waals surface area contributed by atoms with Gasteiger partial charge in [0.15, 0.2) is 0 Å². The predicted octanol–water partition coefficient (Wildman–Crippen LogP) is 3.18. The zero-order chi connectivity index (χ0) is 23.5. The molecule has 7 heteroatoms. The van der Waals surface area contributed by atoms with E-state index in [0.29, 0.717) is 5.69 Å². The normalized spacial score (nSPS) is 21.0. The van der Waals surface area contributed by atoms with E-state index in [9.17, 15) is 9.59 Å². The summed E-state index contributed by atoms with van der Waals surface area (Å²) in [7, 11) is 2.18. The fraction of sp³-hybridized carbons (Fsp3) is 0.370. The monoisotopic (exact) mass is 457 g/mol. The van der Waals surface area contributed by atoms with Crippen LogP contribution >= 0.6 is 0 Å². The second kappa shape index (κ2) is 9.91. The van der Waals surface area contributed by atoms with Gasteiger partial charge in [0.1, 0.15) is 11.6 Å². The number of aliphatic imine (C=N–C) groups is 1. The molecular weight excluding hydrogens is 426 g/mol. The van der Waals surface area contributed by atoms with Crippen LogP contribution in [0.15, 0.2) is 65.8 Å². The van der Waals surface area contributed by atoms with Gasteiger partial charge in [-0.1, -0.05) is 36.4 Å². The molecule has 2 amide bonds. The van der Waals surface area contributed by atoms with Gasteiger partial charge in [0.05, 0.1) is 5.69 Å². The molecule has 0 spiro atoms. The second-order valence-electron chi connectivity index (χ2n) is 9.23. The summed E-state index contributed by atoms with van der Waals surface area (Å²) < 4.78 is 2.23. The summed E-state index contributed by atoms with van der Waals surface area (Å²) in [5, 5.41) is 3.47. The lowest BCUT2D eigenvalue weighted by Gasteiger charge is -2.32. The quantitative estimate of drug-likeness (QED) is 0.437. The van der Waals surface area contributed by atoms with Gasteiger partial charge in [-0.05, 0) is 50.2 Å². The Morgan fingerprint density at radius 1 is 0.912 bits per heavy atom. The summed E-state index contributed by atoms with van der Waals surface area (Å²) in [6.07, 6.45) is 4.24. The van der Waals surface area contributed by atoms with Crippen LogP contribution in [0.2, 0.25) is 0 Å². The van der Waals surface area contributed by atoms with E-state index in [1.165, 1.54) is 0 Å². The third-order valence-corrected chi connectivity index (χ3v) is 6.86. The van der Waals surface area contributed by atoms with E-state index in [4.69, 9.17) is 0 Å². The number of amides is 2. The standard InChI is InChI=1S/C27H31N5O2/c1-30-15-17-31(18-16-30)13-7-8-14-32-19-22(21-11-5-6-12-23(21)32)24-25(27(34)29-26(24)33)28-20-9-3-2-4-10-20/h2-6,9-12,19,24H,7-8,13-18H2,1H3,(H,29,33,34).